The topological polar surface area (TPSA) is 47.3 Å². The van der Waals surface area contributed by atoms with Gasteiger partial charge in [-0.15, -0.1) is 0 Å². The summed E-state index contributed by atoms with van der Waals surface area (Å²) < 4.78 is 45.1. The molecule has 0 aliphatic rings. The van der Waals surface area contributed by atoms with Gasteiger partial charge in [-0.05, 0) is 39.0 Å². The van der Waals surface area contributed by atoms with Gasteiger partial charge in [0, 0.05) is 0 Å². The van der Waals surface area contributed by atoms with E-state index in [0.29, 0.717) is 5.69 Å². The van der Waals surface area contributed by atoms with Crippen LogP contribution >= 0.6 is 0 Å². The molecule has 0 bridgehead atoms. The largest absolute Gasteiger partial charge is 0.454 e. The van der Waals surface area contributed by atoms with Gasteiger partial charge in [0.15, 0.2) is 5.75 Å². The van der Waals surface area contributed by atoms with Crippen LogP contribution in [0.4, 0.5) is 13.2 Å². The van der Waals surface area contributed by atoms with E-state index in [1.807, 2.05) is 20.8 Å². The summed E-state index contributed by atoms with van der Waals surface area (Å²) in [4.78, 5) is 0. The molecule has 0 atom stereocenters. The monoisotopic (exact) mass is 314 g/mol. The number of nitrogens with zero attached hydrogens (tertiary/aromatic N) is 2. The molecule has 22 heavy (non-hydrogen) atoms. The fourth-order valence-electron chi connectivity index (χ4n) is 2.03. The number of hydrogen-bond donors (Lipinski definition) is 1. The van der Waals surface area contributed by atoms with Gasteiger partial charge in [-0.2, -0.15) is 18.3 Å². The molecule has 0 saturated carbocycles. The van der Waals surface area contributed by atoms with E-state index in [0.717, 1.165) is 12.1 Å². The smallest absolute Gasteiger partial charge is 0.416 e. The minimum atomic E-state index is -4.44. The number of aliphatic hydroxyl groups is 1. The Bertz CT molecular complexity index is 658. The average molecular weight is 314 g/mol. The first-order valence-corrected chi connectivity index (χ1v) is 6.66. The number of ether oxygens (including phenoxy) is 1. The third kappa shape index (κ3) is 3.41. The Labute approximate surface area is 126 Å². The molecule has 1 aromatic heterocycles. The van der Waals surface area contributed by atoms with Gasteiger partial charge in [0.05, 0.1) is 23.9 Å². The molecule has 0 aliphatic heterocycles. The Morgan fingerprint density at radius 2 is 1.91 bits per heavy atom. The molecule has 0 unspecified atom stereocenters. The van der Waals surface area contributed by atoms with Crippen molar-refractivity contribution >= 4 is 0 Å². The summed E-state index contributed by atoms with van der Waals surface area (Å²) in [6.07, 6.45) is -3.05. The molecule has 1 aromatic carbocycles. The lowest BCUT2D eigenvalue weighted by atomic mass is 10.1. The van der Waals surface area contributed by atoms with E-state index in [-0.39, 0.29) is 23.6 Å². The highest BCUT2D eigenvalue weighted by atomic mass is 19.4. The Balaban J connectivity index is 2.34. The minimum absolute atomic E-state index is 0.0398. The number of alkyl halides is 3. The van der Waals surface area contributed by atoms with Crippen LogP contribution in [0.25, 0.3) is 0 Å². The summed E-state index contributed by atoms with van der Waals surface area (Å²) in [7, 11) is 0. The summed E-state index contributed by atoms with van der Waals surface area (Å²) in [5.74, 6) is 0.273. The van der Waals surface area contributed by atoms with Crippen LogP contribution < -0.4 is 4.74 Å². The normalized spacial score (nSPS) is 12.5. The number of halogens is 3. The molecule has 0 amide bonds. The zero-order chi connectivity index (χ0) is 16.5. The van der Waals surface area contributed by atoms with Crippen LogP contribution in [0.15, 0.2) is 30.5 Å². The lowest BCUT2D eigenvalue weighted by Gasteiger charge is -2.22. The summed E-state index contributed by atoms with van der Waals surface area (Å²) >= 11 is 0. The van der Waals surface area contributed by atoms with Gasteiger partial charge < -0.3 is 9.84 Å². The summed E-state index contributed by atoms with van der Waals surface area (Å²) in [5.41, 5.74) is -0.767. The lowest BCUT2D eigenvalue weighted by Crippen LogP contribution is -2.25. The van der Waals surface area contributed by atoms with Crippen LogP contribution in [0.2, 0.25) is 0 Å². The van der Waals surface area contributed by atoms with E-state index >= 15 is 0 Å². The highest BCUT2D eigenvalue weighted by molar-refractivity contribution is 5.36. The maximum Gasteiger partial charge on any atom is 0.416 e. The molecule has 0 saturated heterocycles. The van der Waals surface area contributed by atoms with E-state index in [2.05, 4.69) is 5.10 Å². The molecule has 7 heteroatoms. The van der Waals surface area contributed by atoms with Crippen LogP contribution in [0.5, 0.6) is 11.5 Å². The van der Waals surface area contributed by atoms with Gasteiger partial charge in [-0.3, -0.25) is 4.68 Å². The first kappa shape index (κ1) is 16.4. The van der Waals surface area contributed by atoms with Crippen molar-refractivity contribution in [2.24, 2.45) is 0 Å². The quantitative estimate of drug-likeness (QED) is 0.933. The molecule has 1 N–H and O–H groups in total. The second kappa shape index (κ2) is 5.64. The first-order valence-electron chi connectivity index (χ1n) is 6.66. The second-order valence-electron chi connectivity index (χ2n) is 5.82. The van der Waals surface area contributed by atoms with Crippen molar-refractivity contribution in [1.29, 1.82) is 0 Å². The third-order valence-corrected chi connectivity index (χ3v) is 3.00. The van der Waals surface area contributed by atoms with E-state index in [9.17, 15) is 18.3 Å². The van der Waals surface area contributed by atoms with Gasteiger partial charge in [0.25, 0.3) is 0 Å². The van der Waals surface area contributed by atoms with Gasteiger partial charge >= 0.3 is 6.18 Å². The van der Waals surface area contributed by atoms with Crippen LogP contribution in [0, 0.1) is 0 Å². The zero-order valence-electron chi connectivity index (χ0n) is 12.5. The lowest BCUT2D eigenvalue weighted by molar-refractivity contribution is -0.137. The van der Waals surface area contributed by atoms with Gasteiger partial charge in [-0.1, -0.05) is 6.07 Å². The molecule has 4 nitrogen and oxygen atoms in total. The predicted molar refractivity (Wildman–Crippen MR) is 74.7 cm³/mol. The second-order valence-corrected chi connectivity index (χ2v) is 5.82. The molecule has 2 rings (SSSR count). The molecule has 2 aromatic rings. The van der Waals surface area contributed by atoms with Crippen molar-refractivity contribution in [1.82, 2.24) is 9.78 Å². The Kier molecular flexibility index (Phi) is 4.19. The maximum atomic E-state index is 12.7. The zero-order valence-corrected chi connectivity index (χ0v) is 12.5. The summed E-state index contributed by atoms with van der Waals surface area (Å²) in [6.45, 7) is 5.36. The van der Waals surface area contributed by atoms with Crippen molar-refractivity contribution in [2.75, 3.05) is 0 Å². The highest BCUT2D eigenvalue weighted by Gasteiger charge is 2.31. The van der Waals surface area contributed by atoms with Crippen molar-refractivity contribution in [3.8, 4) is 11.5 Å². The van der Waals surface area contributed by atoms with Crippen LogP contribution in [-0.4, -0.2) is 14.9 Å². The van der Waals surface area contributed by atoms with E-state index in [4.69, 9.17) is 4.74 Å². The van der Waals surface area contributed by atoms with Crippen molar-refractivity contribution in [3.05, 3.63) is 41.7 Å². The van der Waals surface area contributed by atoms with E-state index in [1.54, 1.807) is 4.68 Å². The van der Waals surface area contributed by atoms with Gasteiger partial charge in [-0.25, -0.2) is 0 Å². The summed E-state index contributed by atoms with van der Waals surface area (Å²) in [5, 5.41) is 13.6. The molecular formula is C15H17F3N2O2. The Morgan fingerprint density at radius 1 is 1.23 bits per heavy atom. The first-order chi connectivity index (χ1) is 10.1. The molecule has 0 spiro atoms. The number of hydrogen-bond acceptors (Lipinski definition) is 3. The number of rotatable bonds is 3. The number of aliphatic hydroxyl groups excluding tert-OH is 1. The Hall–Kier alpha value is -2.02. The SMILES string of the molecule is CC(C)(C)n1ncc(Oc2cccc(C(F)(F)F)c2)c1CO. The molecule has 0 radical (unpaired) electrons. The van der Waals surface area contributed by atoms with Gasteiger partial charge in [0.1, 0.15) is 11.4 Å². The molecular weight excluding hydrogens is 297 g/mol. The third-order valence-electron chi connectivity index (χ3n) is 3.00. The average Bonchev–Trinajstić information content (AvgIpc) is 2.80. The van der Waals surface area contributed by atoms with Crippen LogP contribution in [-0.2, 0) is 18.3 Å². The Morgan fingerprint density at radius 3 is 2.45 bits per heavy atom. The fraction of sp³-hybridized carbons (Fsp3) is 0.400. The standard InChI is InChI=1S/C15H17F3N2O2/c1-14(2,3)20-12(9-21)13(8-19-20)22-11-6-4-5-10(7-11)15(16,17)18/h4-8,21H,9H2,1-3H3. The van der Waals surface area contributed by atoms with E-state index < -0.39 is 11.7 Å². The van der Waals surface area contributed by atoms with Crippen molar-refractivity contribution in [3.63, 3.8) is 0 Å². The van der Waals surface area contributed by atoms with Crippen LogP contribution in [0.1, 0.15) is 32.0 Å². The molecule has 1 heterocycles. The highest BCUT2D eigenvalue weighted by Crippen LogP contribution is 2.34. The predicted octanol–water partition coefficient (Wildman–Crippen LogP) is 3.94. The fourth-order valence-corrected chi connectivity index (χ4v) is 2.03. The summed E-state index contributed by atoms with van der Waals surface area (Å²) in [6, 6.07) is 4.57. The van der Waals surface area contributed by atoms with Gasteiger partial charge in [0.2, 0.25) is 0 Å². The minimum Gasteiger partial charge on any atom is -0.454 e. The van der Waals surface area contributed by atoms with Crippen molar-refractivity contribution in [2.45, 2.75) is 39.1 Å². The molecule has 120 valence electrons. The molecule has 0 aliphatic carbocycles. The van der Waals surface area contributed by atoms with Crippen molar-refractivity contribution < 1.29 is 23.0 Å². The number of aromatic nitrogens is 2. The maximum absolute atomic E-state index is 12.7. The van der Waals surface area contributed by atoms with E-state index in [1.165, 1.54) is 18.3 Å². The number of benzene rings is 1. The van der Waals surface area contributed by atoms with Crippen LogP contribution in [0.3, 0.4) is 0 Å². The molecule has 0 fully saturated rings.